The first kappa shape index (κ1) is 10.6. The van der Waals surface area contributed by atoms with Crippen LogP contribution >= 0.6 is 0 Å². The molecule has 1 N–H and O–H groups in total. The third kappa shape index (κ3) is 2.18. The van der Waals surface area contributed by atoms with Gasteiger partial charge in [0, 0.05) is 12.1 Å². The number of nitrogens with zero attached hydrogens (tertiary/aromatic N) is 2. The quantitative estimate of drug-likeness (QED) is 0.809. The fraction of sp³-hybridized carbons (Fsp3) is 0.273. The smallest absolute Gasteiger partial charge is 0.214 e. The minimum atomic E-state index is -0.497. The zero-order chi connectivity index (χ0) is 11.5. The van der Waals surface area contributed by atoms with E-state index in [-0.39, 0.29) is 0 Å². The van der Waals surface area contributed by atoms with Gasteiger partial charge in [0.05, 0.1) is 5.69 Å². The third-order valence-corrected chi connectivity index (χ3v) is 2.34. The molecule has 0 bridgehead atoms. The Bertz CT molecular complexity index is 476. The molecule has 0 unspecified atom stereocenters. The molecule has 0 atom stereocenters. The van der Waals surface area contributed by atoms with E-state index in [4.69, 9.17) is 4.52 Å². The first-order valence-corrected chi connectivity index (χ1v) is 4.95. The minimum absolute atomic E-state index is 0.497. The van der Waals surface area contributed by atoms with Crippen molar-refractivity contribution in [2.75, 3.05) is 5.32 Å². The molecule has 5 heteroatoms. The fourth-order valence-electron chi connectivity index (χ4n) is 1.44. The van der Waals surface area contributed by atoms with Gasteiger partial charge in [-0.2, -0.15) is 4.39 Å². The molecule has 0 amide bonds. The maximum absolute atomic E-state index is 12.8. The number of rotatable bonds is 3. The molecule has 0 aliphatic heterocycles. The van der Waals surface area contributed by atoms with Crippen molar-refractivity contribution in [2.24, 2.45) is 0 Å². The fourth-order valence-corrected chi connectivity index (χ4v) is 1.44. The van der Waals surface area contributed by atoms with Crippen LogP contribution in [-0.4, -0.2) is 10.1 Å². The van der Waals surface area contributed by atoms with Gasteiger partial charge in [0.1, 0.15) is 11.6 Å². The normalized spacial score (nSPS) is 10.4. The van der Waals surface area contributed by atoms with Crippen molar-refractivity contribution in [2.45, 2.75) is 20.4 Å². The molecule has 0 saturated carbocycles. The van der Waals surface area contributed by atoms with Crippen LogP contribution in [0.5, 0.6) is 0 Å². The van der Waals surface area contributed by atoms with Crippen molar-refractivity contribution in [3.8, 4) is 0 Å². The molecule has 0 aliphatic rings. The zero-order valence-corrected chi connectivity index (χ0v) is 9.12. The number of halogens is 1. The Morgan fingerprint density at radius 1 is 1.38 bits per heavy atom. The summed E-state index contributed by atoms with van der Waals surface area (Å²) in [6.45, 7) is 4.24. The molecule has 0 spiro atoms. The van der Waals surface area contributed by atoms with Crippen LogP contribution in [0.4, 0.5) is 10.2 Å². The standard InChI is InChI=1S/C11H12FN3O/c1-7-9(8(2)16-15-7)6-13-11-5-3-4-10(12)14-11/h3-5H,6H2,1-2H3,(H,13,14). The number of hydrogen-bond acceptors (Lipinski definition) is 4. The van der Waals surface area contributed by atoms with Crippen LogP contribution in [0.3, 0.4) is 0 Å². The molecule has 2 rings (SSSR count). The van der Waals surface area contributed by atoms with Gasteiger partial charge in [0.25, 0.3) is 0 Å². The Hall–Kier alpha value is -1.91. The van der Waals surface area contributed by atoms with Crippen LogP contribution in [0.1, 0.15) is 17.0 Å². The largest absolute Gasteiger partial charge is 0.366 e. The van der Waals surface area contributed by atoms with Crippen LogP contribution in [-0.2, 0) is 6.54 Å². The molecule has 2 aromatic rings. The van der Waals surface area contributed by atoms with Crippen molar-refractivity contribution in [3.63, 3.8) is 0 Å². The molecular weight excluding hydrogens is 209 g/mol. The predicted octanol–water partition coefficient (Wildman–Crippen LogP) is 2.44. The molecule has 0 saturated heterocycles. The lowest BCUT2D eigenvalue weighted by Gasteiger charge is -2.04. The van der Waals surface area contributed by atoms with Gasteiger partial charge in [-0.1, -0.05) is 11.2 Å². The first-order valence-electron chi connectivity index (χ1n) is 4.95. The molecule has 0 fully saturated rings. The highest BCUT2D eigenvalue weighted by molar-refractivity contribution is 5.36. The van der Waals surface area contributed by atoms with E-state index >= 15 is 0 Å². The molecule has 0 aliphatic carbocycles. The summed E-state index contributed by atoms with van der Waals surface area (Å²) < 4.78 is 17.8. The van der Waals surface area contributed by atoms with Crippen LogP contribution in [0, 0.1) is 19.8 Å². The van der Waals surface area contributed by atoms with Gasteiger partial charge in [0.2, 0.25) is 5.95 Å². The van der Waals surface area contributed by atoms with E-state index in [2.05, 4.69) is 15.5 Å². The van der Waals surface area contributed by atoms with Gasteiger partial charge in [-0.25, -0.2) is 4.98 Å². The molecule has 4 nitrogen and oxygen atoms in total. The van der Waals surface area contributed by atoms with E-state index in [0.29, 0.717) is 12.4 Å². The Morgan fingerprint density at radius 3 is 2.81 bits per heavy atom. The Balaban J connectivity index is 2.08. The number of hydrogen-bond donors (Lipinski definition) is 1. The van der Waals surface area contributed by atoms with Gasteiger partial charge in [-0.05, 0) is 26.0 Å². The number of aromatic nitrogens is 2. The van der Waals surface area contributed by atoms with Crippen molar-refractivity contribution >= 4 is 5.82 Å². The van der Waals surface area contributed by atoms with Gasteiger partial charge in [0.15, 0.2) is 0 Å². The molecule has 2 aromatic heterocycles. The van der Waals surface area contributed by atoms with Gasteiger partial charge in [-0.15, -0.1) is 0 Å². The summed E-state index contributed by atoms with van der Waals surface area (Å²) >= 11 is 0. The summed E-state index contributed by atoms with van der Waals surface area (Å²) in [7, 11) is 0. The summed E-state index contributed by atoms with van der Waals surface area (Å²) in [5.74, 6) is 0.769. The first-order chi connectivity index (χ1) is 7.66. The summed E-state index contributed by atoms with van der Waals surface area (Å²) in [5.41, 5.74) is 1.81. The van der Waals surface area contributed by atoms with Crippen molar-refractivity contribution in [1.82, 2.24) is 10.1 Å². The molecule has 0 radical (unpaired) electrons. The average molecular weight is 221 g/mol. The summed E-state index contributed by atoms with van der Waals surface area (Å²) in [6.07, 6.45) is 0. The van der Waals surface area contributed by atoms with Crippen LogP contribution < -0.4 is 5.32 Å². The Kier molecular flexibility index (Phi) is 2.85. The van der Waals surface area contributed by atoms with Crippen molar-refractivity contribution < 1.29 is 8.91 Å². The van der Waals surface area contributed by atoms with Crippen molar-refractivity contribution in [1.29, 1.82) is 0 Å². The Labute approximate surface area is 92.5 Å². The summed E-state index contributed by atoms with van der Waals surface area (Å²) in [4.78, 5) is 3.70. The SMILES string of the molecule is Cc1noc(C)c1CNc1cccc(F)n1. The highest BCUT2D eigenvalue weighted by Crippen LogP contribution is 2.14. The second-order valence-electron chi connectivity index (χ2n) is 3.50. The van der Waals surface area contributed by atoms with Gasteiger partial charge in [-0.3, -0.25) is 0 Å². The maximum atomic E-state index is 12.8. The van der Waals surface area contributed by atoms with E-state index < -0.39 is 5.95 Å². The molecule has 2 heterocycles. The van der Waals surface area contributed by atoms with E-state index in [1.807, 2.05) is 13.8 Å². The molecule has 84 valence electrons. The molecule has 0 aromatic carbocycles. The highest BCUT2D eigenvalue weighted by atomic mass is 19.1. The lowest BCUT2D eigenvalue weighted by molar-refractivity contribution is 0.392. The average Bonchev–Trinajstić information content (AvgIpc) is 2.56. The molecular formula is C11H12FN3O. The predicted molar refractivity (Wildman–Crippen MR) is 57.5 cm³/mol. The second-order valence-corrected chi connectivity index (χ2v) is 3.50. The van der Waals surface area contributed by atoms with Crippen molar-refractivity contribution in [3.05, 3.63) is 41.2 Å². The van der Waals surface area contributed by atoms with Crippen LogP contribution in [0.15, 0.2) is 22.7 Å². The monoisotopic (exact) mass is 221 g/mol. The number of nitrogens with one attached hydrogen (secondary N) is 1. The summed E-state index contributed by atoms with van der Waals surface area (Å²) in [6, 6.07) is 4.63. The number of pyridine rings is 1. The second kappa shape index (κ2) is 4.30. The van der Waals surface area contributed by atoms with Gasteiger partial charge < -0.3 is 9.84 Å². The highest BCUT2D eigenvalue weighted by Gasteiger charge is 2.08. The van der Waals surface area contributed by atoms with Gasteiger partial charge >= 0.3 is 0 Å². The molecule has 16 heavy (non-hydrogen) atoms. The van der Waals surface area contributed by atoms with Crippen LogP contribution in [0.2, 0.25) is 0 Å². The number of anilines is 1. The van der Waals surface area contributed by atoms with E-state index in [1.54, 1.807) is 12.1 Å². The van der Waals surface area contributed by atoms with Crippen LogP contribution in [0.25, 0.3) is 0 Å². The topological polar surface area (TPSA) is 51.0 Å². The maximum Gasteiger partial charge on any atom is 0.214 e. The lowest BCUT2D eigenvalue weighted by Crippen LogP contribution is -2.03. The number of aryl methyl sites for hydroxylation is 2. The third-order valence-electron chi connectivity index (χ3n) is 2.34. The summed E-state index contributed by atoms with van der Waals surface area (Å²) in [5, 5.41) is 6.85. The zero-order valence-electron chi connectivity index (χ0n) is 9.12. The minimum Gasteiger partial charge on any atom is -0.366 e. The van der Waals surface area contributed by atoms with E-state index in [1.165, 1.54) is 6.07 Å². The van der Waals surface area contributed by atoms with E-state index in [0.717, 1.165) is 17.0 Å². The Morgan fingerprint density at radius 2 is 2.19 bits per heavy atom. The van der Waals surface area contributed by atoms with E-state index in [9.17, 15) is 4.39 Å². The lowest BCUT2D eigenvalue weighted by atomic mass is 10.2.